The van der Waals surface area contributed by atoms with Crippen LogP contribution in [-0.2, 0) is 0 Å². The zero-order valence-electron chi connectivity index (χ0n) is 10.9. The first-order chi connectivity index (χ1) is 9.24. The lowest BCUT2D eigenvalue weighted by molar-refractivity contribution is 0.415. The maximum absolute atomic E-state index is 9.30. The molecule has 0 saturated heterocycles. The zero-order valence-corrected chi connectivity index (χ0v) is 10.9. The number of nitrogens with zero attached hydrogens (tertiary/aromatic N) is 2. The SMILES string of the molecule is COc1ccc(NC(C#N)c2cnccc2C)cc1. The number of nitriles is 1. The summed E-state index contributed by atoms with van der Waals surface area (Å²) in [6.45, 7) is 1.97. The van der Waals surface area contributed by atoms with E-state index in [9.17, 15) is 5.26 Å². The number of aryl methyl sites for hydroxylation is 1. The number of pyridine rings is 1. The highest BCUT2D eigenvalue weighted by Crippen LogP contribution is 2.22. The van der Waals surface area contributed by atoms with Crippen molar-refractivity contribution in [2.75, 3.05) is 12.4 Å². The standard InChI is InChI=1S/C15H15N3O/c1-11-7-8-17-10-14(11)15(9-16)18-12-3-5-13(19-2)6-4-12/h3-8,10,15,18H,1-2H3. The van der Waals surface area contributed by atoms with Crippen molar-refractivity contribution in [1.82, 2.24) is 4.98 Å². The minimum atomic E-state index is -0.415. The molecule has 1 unspecified atom stereocenters. The van der Waals surface area contributed by atoms with Crippen LogP contribution in [0.4, 0.5) is 5.69 Å². The third kappa shape index (κ3) is 3.02. The highest BCUT2D eigenvalue weighted by atomic mass is 16.5. The number of rotatable bonds is 4. The molecule has 1 aromatic carbocycles. The van der Waals surface area contributed by atoms with Gasteiger partial charge >= 0.3 is 0 Å². The third-order valence-corrected chi connectivity index (χ3v) is 2.92. The van der Waals surface area contributed by atoms with Crippen molar-refractivity contribution < 1.29 is 4.74 Å². The Morgan fingerprint density at radius 3 is 2.58 bits per heavy atom. The van der Waals surface area contributed by atoms with Gasteiger partial charge in [-0.2, -0.15) is 5.26 Å². The van der Waals surface area contributed by atoms with Gasteiger partial charge in [0.2, 0.25) is 0 Å². The van der Waals surface area contributed by atoms with Crippen molar-refractivity contribution in [3.63, 3.8) is 0 Å². The van der Waals surface area contributed by atoms with Crippen molar-refractivity contribution in [1.29, 1.82) is 5.26 Å². The van der Waals surface area contributed by atoms with E-state index in [2.05, 4.69) is 16.4 Å². The summed E-state index contributed by atoms with van der Waals surface area (Å²) in [6.07, 6.45) is 3.44. The molecule has 1 aromatic heterocycles. The van der Waals surface area contributed by atoms with Crippen molar-refractivity contribution in [2.24, 2.45) is 0 Å². The Kier molecular flexibility index (Phi) is 3.99. The first kappa shape index (κ1) is 12.9. The van der Waals surface area contributed by atoms with E-state index in [0.717, 1.165) is 22.6 Å². The molecule has 1 heterocycles. The average Bonchev–Trinajstić information content (AvgIpc) is 2.46. The Bertz CT molecular complexity index is 587. The van der Waals surface area contributed by atoms with Gasteiger partial charge < -0.3 is 10.1 Å². The second-order valence-electron chi connectivity index (χ2n) is 4.17. The summed E-state index contributed by atoms with van der Waals surface area (Å²) in [5, 5.41) is 12.5. The van der Waals surface area contributed by atoms with Gasteiger partial charge in [0.1, 0.15) is 11.8 Å². The summed E-state index contributed by atoms with van der Waals surface area (Å²) in [5.74, 6) is 0.789. The molecule has 4 nitrogen and oxygen atoms in total. The van der Waals surface area contributed by atoms with Crippen molar-refractivity contribution >= 4 is 5.69 Å². The van der Waals surface area contributed by atoms with Crippen LogP contribution in [0.1, 0.15) is 17.2 Å². The van der Waals surface area contributed by atoms with E-state index < -0.39 is 6.04 Å². The van der Waals surface area contributed by atoms with Crippen LogP contribution in [-0.4, -0.2) is 12.1 Å². The van der Waals surface area contributed by atoms with Gasteiger partial charge in [0, 0.05) is 23.6 Å². The fraction of sp³-hybridized carbons (Fsp3) is 0.200. The molecule has 0 aliphatic carbocycles. The van der Waals surface area contributed by atoms with Gasteiger partial charge in [0.05, 0.1) is 13.2 Å². The van der Waals surface area contributed by atoms with Gasteiger partial charge in [-0.25, -0.2) is 0 Å². The molecule has 1 atom stereocenters. The van der Waals surface area contributed by atoms with Crippen molar-refractivity contribution in [3.05, 3.63) is 53.9 Å². The molecular weight excluding hydrogens is 238 g/mol. The Morgan fingerprint density at radius 1 is 1.26 bits per heavy atom. The van der Waals surface area contributed by atoms with Gasteiger partial charge in [-0.1, -0.05) is 0 Å². The van der Waals surface area contributed by atoms with E-state index in [0.29, 0.717) is 0 Å². The van der Waals surface area contributed by atoms with Crippen LogP contribution in [0.5, 0.6) is 5.75 Å². The van der Waals surface area contributed by atoms with E-state index in [-0.39, 0.29) is 0 Å². The largest absolute Gasteiger partial charge is 0.497 e. The fourth-order valence-corrected chi connectivity index (χ4v) is 1.81. The lowest BCUT2D eigenvalue weighted by Crippen LogP contribution is -2.10. The fourth-order valence-electron chi connectivity index (χ4n) is 1.81. The normalized spacial score (nSPS) is 11.4. The molecular formula is C15H15N3O. The van der Waals surface area contributed by atoms with E-state index in [1.165, 1.54) is 0 Å². The molecule has 0 bridgehead atoms. The summed E-state index contributed by atoms with van der Waals surface area (Å²) >= 11 is 0. The maximum atomic E-state index is 9.30. The molecule has 0 spiro atoms. The van der Waals surface area contributed by atoms with Crippen LogP contribution < -0.4 is 10.1 Å². The Balaban J connectivity index is 2.20. The second kappa shape index (κ2) is 5.87. The second-order valence-corrected chi connectivity index (χ2v) is 4.17. The molecule has 0 aliphatic heterocycles. The number of benzene rings is 1. The number of hydrogen-bond acceptors (Lipinski definition) is 4. The molecule has 96 valence electrons. The smallest absolute Gasteiger partial charge is 0.142 e. The van der Waals surface area contributed by atoms with Gasteiger partial charge in [-0.3, -0.25) is 4.98 Å². The van der Waals surface area contributed by atoms with Crippen molar-refractivity contribution in [2.45, 2.75) is 13.0 Å². The topological polar surface area (TPSA) is 57.9 Å². The molecule has 0 radical (unpaired) electrons. The van der Waals surface area contributed by atoms with E-state index in [1.54, 1.807) is 19.5 Å². The van der Waals surface area contributed by atoms with Gasteiger partial charge in [-0.15, -0.1) is 0 Å². The molecule has 0 aliphatic rings. The summed E-state index contributed by atoms with van der Waals surface area (Å²) < 4.78 is 5.10. The predicted molar refractivity (Wildman–Crippen MR) is 73.9 cm³/mol. The van der Waals surface area contributed by atoms with Crippen LogP contribution in [0.3, 0.4) is 0 Å². The third-order valence-electron chi connectivity index (χ3n) is 2.92. The van der Waals surface area contributed by atoms with Crippen molar-refractivity contribution in [3.8, 4) is 11.8 Å². The minimum absolute atomic E-state index is 0.415. The molecule has 0 saturated carbocycles. The molecule has 0 fully saturated rings. The maximum Gasteiger partial charge on any atom is 0.142 e. The molecule has 0 amide bonds. The Labute approximate surface area is 112 Å². The Morgan fingerprint density at radius 2 is 2.00 bits per heavy atom. The van der Waals surface area contributed by atoms with Crippen LogP contribution >= 0.6 is 0 Å². The van der Waals surface area contributed by atoms with Crippen LogP contribution in [0.15, 0.2) is 42.7 Å². The monoisotopic (exact) mass is 253 g/mol. The number of methoxy groups -OCH3 is 1. The number of anilines is 1. The zero-order chi connectivity index (χ0) is 13.7. The number of hydrogen-bond donors (Lipinski definition) is 1. The summed E-state index contributed by atoms with van der Waals surface area (Å²) in [5.41, 5.74) is 2.80. The molecule has 1 N–H and O–H groups in total. The van der Waals surface area contributed by atoms with E-state index >= 15 is 0 Å². The quantitative estimate of drug-likeness (QED) is 0.909. The summed E-state index contributed by atoms with van der Waals surface area (Å²) in [7, 11) is 1.62. The number of nitrogens with one attached hydrogen (secondary N) is 1. The van der Waals surface area contributed by atoms with Gasteiger partial charge in [-0.05, 0) is 42.8 Å². The van der Waals surface area contributed by atoms with E-state index in [1.807, 2.05) is 37.3 Å². The highest BCUT2D eigenvalue weighted by molar-refractivity contribution is 5.50. The predicted octanol–water partition coefficient (Wildman–Crippen LogP) is 3.08. The Hall–Kier alpha value is -2.54. The molecule has 19 heavy (non-hydrogen) atoms. The van der Waals surface area contributed by atoms with Crippen LogP contribution in [0.25, 0.3) is 0 Å². The first-order valence-electron chi connectivity index (χ1n) is 5.95. The lowest BCUT2D eigenvalue weighted by Gasteiger charge is -2.15. The summed E-state index contributed by atoms with van der Waals surface area (Å²) in [4.78, 5) is 4.07. The molecule has 2 aromatic rings. The minimum Gasteiger partial charge on any atom is -0.497 e. The van der Waals surface area contributed by atoms with Crippen LogP contribution in [0.2, 0.25) is 0 Å². The number of aromatic nitrogens is 1. The highest BCUT2D eigenvalue weighted by Gasteiger charge is 2.12. The van der Waals surface area contributed by atoms with Crippen LogP contribution in [0, 0.1) is 18.3 Å². The van der Waals surface area contributed by atoms with Gasteiger partial charge in [0.25, 0.3) is 0 Å². The molecule has 4 heteroatoms. The van der Waals surface area contributed by atoms with Gasteiger partial charge in [0.15, 0.2) is 0 Å². The molecule has 2 rings (SSSR count). The van der Waals surface area contributed by atoms with E-state index in [4.69, 9.17) is 4.74 Å². The summed E-state index contributed by atoms with van der Waals surface area (Å²) in [6, 6.07) is 11.2. The average molecular weight is 253 g/mol. The first-order valence-corrected chi connectivity index (χ1v) is 5.95. The lowest BCUT2D eigenvalue weighted by atomic mass is 10.0. The number of ether oxygens (including phenoxy) is 1.